The second kappa shape index (κ2) is 4.04. The molecule has 2 rings (SSSR count). The average molecular weight is 211 g/mol. The van der Waals surface area contributed by atoms with Crippen LogP contribution in [0.3, 0.4) is 0 Å². The molecule has 2 aromatic heterocycles. The molecule has 0 saturated heterocycles. The smallest absolute Gasteiger partial charge is 0.388 e. The first-order valence-corrected chi connectivity index (χ1v) is 4.17. The lowest BCUT2D eigenvalue weighted by Crippen LogP contribution is -2.03. The molecule has 0 amide bonds. The van der Waals surface area contributed by atoms with E-state index in [2.05, 4.69) is 14.8 Å². The molecule has 0 saturated carbocycles. The number of nitrogens with zero attached hydrogens (tertiary/aromatic N) is 3. The Morgan fingerprint density at radius 2 is 2.13 bits per heavy atom. The molecule has 0 N–H and O–H groups in total. The Balaban J connectivity index is 2.21. The summed E-state index contributed by atoms with van der Waals surface area (Å²) in [6.07, 6.45) is 3.09. The largest absolute Gasteiger partial charge is 0.415 e. The normalized spacial score (nSPS) is 10.6. The number of pyridine rings is 1. The van der Waals surface area contributed by atoms with E-state index in [9.17, 15) is 8.78 Å². The van der Waals surface area contributed by atoms with E-state index in [-0.39, 0.29) is 5.88 Å². The third kappa shape index (κ3) is 2.28. The Morgan fingerprint density at radius 3 is 2.80 bits per heavy atom. The highest BCUT2D eigenvalue weighted by atomic mass is 19.3. The van der Waals surface area contributed by atoms with Gasteiger partial charge in [0.2, 0.25) is 5.88 Å². The molecule has 0 radical (unpaired) electrons. The minimum atomic E-state index is -2.86. The fraction of sp³-hybridized carbons (Fsp3) is 0.111. The SMILES string of the molecule is FC(F)Oc1ccn(-c2ccccn2)n1. The van der Waals surface area contributed by atoms with Crippen molar-refractivity contribution in [1.29, 1.82) is 0 Å². The highest BCUT2D eigenvalue weighted by molar-refractivity contribution is 5.22. The van der Waals surface area contributed by atoms with E-state index < -0.39 is 6.61 Å². The highest BCUT2D eigenvalue weighted by Gasteiger charge is 2.07. The van der Waals surface area contributed by atoms with Gasteiger partial charge in [-0.2, -0.15) is 8.78 Å². The molecule has 15 heavy (non-hydrogen) atoms. The molecular formula is C9H7F2N3O. The standard InChI is InChI=1S/C9H7F2N3O/c10-9(11)15-8-4-6-14(13-8)7-3-1-2-5-12-7/h1-6,9H. The van der Waals surface area contributed by atoms with Crippen LogP contribution in [0.15, 0.2) is 36.7 Å². The second-order valence-electron chi connectivity index (χ2n) is 2.66. The minimum Gasteiger partial charge on any atom is -0.415 e. The third-order valence-electron chi connectivity index (χ3n) is 1.66. The average Bonchev–Trinajstić information content (AvgIpc) is 2.67. The molecule has 78 valence electrons. The van der Waals surface area contributed by atoms with Crippen LogP contribution in [-0.4, -0.2) is 21.4 Å². The van der Waals surface area contributed by atoms with Gasteiger partial charge < -0.3 is 4.74 Å². The van der Waals surface area contributed by atoms with Crippen LogP contribution in [0.4, 0.5) is 8.78 Å². The summed E-state index contributed by atoms with van der Waals surface area (Å²) in [5.41, 5.74) is 0. The summed E-state index contributed by atoms with van der Waals surface area (Å²) in [5, 5.41) is 3.77. The summed E-state index contributed by atoms with van der Waals surface area (Å²) in [5.74, 6) is 0.414. The van der Waals surface area contributed by atoms with Gasteiger partial charge in [0.15, 0.2) is 5.82 Å². The Morgan fingerprint density at radius 1 is 1.27 bits per heavy atom. The lowest BCUT2D eigenvalue weighted by molar-refractivity contribution is -0.0530. The van der Waals surface area contributed by atoms with Gasteiger partial charge in [0.25, 0.3) is 0 Å². The Kier molecular flexibility index (Phi) is 2.57. The van der Waals surface area contributed by atoms with Gasteiger partial charge in [0.1, 0.15) is 0 Å². The molecule has 0 aliphatic rings. The predicted octanol–water partition coefficient (Wildman–Crippen LogP) is 1.87. The fourth-order valence-electron chi connectivity index (χ4n) is 1.08. The van der Waals surface area contributed by atoms with Crippen LogP contribution in [0.2, 0.25) is 0 Å². The first-order valence-electron chi connectivity index (χ1n) is 4.17. The van der Waals surface area contributed by atoms with E-state index in [1.807, 2.05) is 0 Å². The van der Waals surface area contributed by atoms with Crippen molar-refractivity contribution in [2.75, 3.05) is 0 Å². The molecule has 4 nitrogen and oxygen atoms in total. The number of aromatic nitrogens is 3. The van der Waals surface area contributed by atoms with Crippen LogP contribution in [0.25, 0.3) is 5.82 Å². The van der Waals surface area contributed by atoms with Gasteiger partial charge in [-0.25, -0.2) is 9.67 Å². The van der Waals surface area contributed by atoms with Crippen molar-refractivity contribution in [3.05, 3.63) is 36.7 Å². The maximum Gasteiger partial charge on any atom is 0.388 e. The Labute approximate surface area is 84.1 Å². The summed E-state index contributed by atoms with van der Waals surface area (Å²) in [6.45, 7) is -2.86. The molecule has 2 heterocycles. The molecule has 0 unspecified atom stereocenters. The van der Waals surface area contributed by atoms with Crippen LogP contribution in [0, 0.1) is 0 Å². The van der Waals surface area contributed by atoms with Crippen LogP contribution < -0.4 is 4.74 Å². The van der Waals surface area contributed by atoms with E-state index in [1.165, 1.54) is 16.9 Å². The molecule has 0 bridgehead atoms. The number of alkyl halides is 2. The quantitative estimate of drug-likeness (QED) is 0.778. The van der Waals surface area contributed by atoms with Crippen LogP contribution >= 0.6 is 0 Å². The van der Waals surface area contributed by atoms with E-state index in [4.69, 9.17) is 0 Å². The predicted molar refractivity (Wildman–Crippen MR) is 48.0 cm³/mol. The number of hydrogen-bond acceptors (Lipinski definition) is 3. The molecule has 0 spiro atoms. The van der Waals surface area contributed by atoms with Crippen molar-refractivity contribution in [2.24, 2.45) is 0 Å². The summed E-state index contributed by atoms with van der Waals surface area (Å²) >= 11 is 0. The maximum absolute atomic E-state index is 11.8. The molecular weight excluding hydrogens is 204 g/mol. The number of hydrogen-bond donors (Lipinski definition) is 0. The third-order valence-corrected chi connectivity index (χ3v) is 1.66. The second-order valence-corrected chi connectivity index (χ2v) is 2.66. The van der Waals surface area contributed by atoms with E-state index in [1.54, 1.807) is 24.4 Å². The van der Waals surface area contributed by atoms with Gasteiger partial charge in [-0.3, -0.25) is 0 Å². The highest BCUT2D eigenvalue weighted by Crippen LogP contribution is 2.12. The van der Waals surface area contributed by atoms with Gasteiger partial charge in [-0.05, 0) is 12.1 Å². The zero-order valence-corrected chi connectivity index (χ0v) is 7.55. The number of rotatable bonds is 3. The van der Waals surface area contributed by atoms with Crippen molar-refractivity contribution in [3.63, 3.8) is 0 Å². The summed E-state index contributed by atoms with van der Waals surface area (Å²) in [4.78, 5) is 4.00. The summed E-state index contributed by atoms with van der Waals surface area (Å²) in [6, 6.07) is 6.58. The Hall–Kier alpha value is -1.98. The van der Waals surface area contributed by atoms with E-state index in [0.717, 1.165) is 0 Å². The summed E-state index contributed by atoms with van der Waals surface area (Å²) < 4.78 is 29.2. The fourth-order valence-corrected chi connectivity index (χ4v) is 1.08. The minimum absolute atomic E-state index is 0.129. The van der Waals surface area contributed by atoms with Crippen molar-refractivity contribution >= 4 is 0 Å². The number of halogens is 2. The molecule has 0 aromatic carbocycles. The summed E-state index contributed by atoms with van der Waals surface area (Å²) in [7, 11) is 0. The molecule has 0 fully saturated rings. The molecule has 0 aliphatic heterocycles. The van der Waals surface area contributed by atoms with Gasteiger partial charge in [0.05, 0.1) is 0 Å². The van der Waals surface area contributed by atoms with Crippen molar-refractivity contribution in [2.45, 2.75) is 6.61 Å². The zero-order chi connectivity index (χ0) is 10.7. The lowest BCUT2D eigenvalue weighted by Gasteiger charge is -1.99. The Bertz CT molecular complexity index is 430. The topological polar surface area (TPSA) is 39.9 Å². The first kappa shape index (κ1) is 9.57. The molecule has 6 heteroatoms. The van der Waals surface area contributed by atoms with Gasteiger partial charge in [-0.1, -0.05) is 6.07 Å². The van der Waals surface area contributed by atoms with Gasteiger partial charge >= 0.3 is 6.61 Å². The molecule has 2 aromatic rings. The van der Waals surface area contributed by atoms with Gasteiger partial charge in [-0.15, -0.1) is 5.10 Å². The van der Waals surface area contributed by atoms with Crippen molar-refractivity contribution in [1.82, 2.24) is 14.8 Å². The van der Waals surface area contributed by atoms with Gasteiger partial charge in [0, 0.05) is 18.5 Å². The van der Waals surface area contributed by atoms with Crippen LogP contribution in [-0.2, 0) is 0 Å². The van der Waals surface area contributed by atoms with Crippen molar-refractivity contribution < 1.29 is 13.5 Å². The molecule has 0 atom stereocenters. The first-order chi connectivity index (χ1) is 7.25. The lowest BCUT2D eigenvalue weighted by atomic mass is 10.5. The van der Waals surface area contributed by atoms with E-state index >= 15 is 0 Å². The number of ether oxygens (including phenoxy) is 1. The van der Waals surface area contributed by atoms with Crippen LogP contribution in [0.1, 0.15) is 0 Å². The van der Waals surface area contributed by atoms with Crippen LogP contribution in [0.5, 0.6) is 5.88 Å². The van der Waals surface area contributed by atoms with E-state index in [0.29, 0.717) is 5.82 Å². The molecule has 0 aliphatic carbocycles. The monoisotopic (exact) mass is 211 g/mol. The zero-order valence-electron chi connectivity index (χ0n) is 7.55. The maximum atomic E-state index is 11.8. The van der Waals surface area contributed by atoms with Crippen molar-refractivity contribution in [3.8, 4) is 11.7 Å².